The Morgan fingerprint density at radius 3 is 2.44 bits per heavy atom. The summed E-state index contributed by atoms with van der Waals surface area (Å²) < 4.78 is 41.9. The Morgan fingerprint density at radius 1 is 1.18 bits per heavy atom. The third-order valence-electron chi connectivity index (χ3n) is 5.75. The number of aromatic amines is 1. The van der Waals surface area contributed by atoms with Crippen molar-refractivity contribution < 1.29 is 17.6 Å². The van der Waals surface area contributed by atoms with Crippen molar-refractivity contribution in [3.63, 3.8) is 0 Å². The SMILES string of the molecule is CCCCn1c(N)c(N(C)CC(=O)N2CCN(S(=O)(=O)c3ccccc3F)CC2)c(=O)[nH]c1=O. The third kappa shape index (κ3) is 5.14. The van der Waals surface area contributed by atoms with Crippen LogP contribution in [0.3, 0.4) is 0 Å². The molecule has 2 aromatic rings. The first-order valence-corrected chi connectivity index (χ1v) is 12.4. The van der Waals surface area contributed by atoms with Crippen LogP contribution in [-0.4, -0.2) is 72.9 Å². The van der Waals surface area contributed by atoms with E-state index in [9.17, 15) is 27.2 Å². The molecule has 1 fully saturated rings. The number of aromatic nitrogens is 2. The van der Waals surface area contributed by atoms with E-state index in [-0.39, 0.29) is 50.1 Å². The highest BCUT2D eigenvalue weighted by Crippen LogP contribution is 2.21. The summed E-state index contributed by atoms with van der Waals surface area (Å²) in [6.07, 6.45) is 1.52. The second-order valence-corrected chi connectivity index (χ2v) is 9.98. The van der Waals surface area contributed by atoms with Gasteiger partial charge in [-0.05, 0) is 18.6 Å². The molecule has 1 saturated heterocycles. The molecule has 0 radical (unpaired) electrons. The monoisotopic (exact) mass is 496 g/mol. The number of benzene rings is 1. The number of halogens is 1. The lowest BCUT2D eigenvalue weighted by Gasteiger charge is -2.35. The number of hydrogen-bond donors (Lipinski definition) is 2. The van der Waals surface area contributed by atoms with Gasteiger partial charge in [-0.25, -0.2) is 17.6 Å². The lowest BCUT2D eigenvalue weighted by molar-refractivity contribution is -0.130. The zero-order chi connectivity index (χ0) is 25.0. The molecular formula is C21H29FN6O5S. The largest absolute Gasteiger partial charge is 0.383 e. The number of nitrogens with one attached hydrogen (secondary N) is 1. The van der Waals surface area contributed by atoms with Gasteiger partial charge in [-0.1, -0.05) is 25.5 Å². The maximum absolute atomic E-state index is 14.0. The van der Waals surface area contributed by atoms with Crippen molar-refractivity contribution in [3.05, 3.63) is 50.9 Å². The van der Waals surface area contributed by atoms with Crippen molar-refractivity contribution in [2.75, 3.05) is 50.4 Å². The van der Waals surface area contributed by atoms with Crippen molar-refractivity contribution in [1.82, 2.24) is 18.8 Å². The van der Waals surface area contributed by atoms with Gasteiger partial charge in [0.25, 0.3) is 5.56 Å². The molecule has 1 amide bonds. The van der Waals surface area contributed by atoms with Gasteiger partial charge in [0, 0.05) is 39.8 Å². The molecule has 11 nitrogen and oxygen atoms in total. The Labute approximate surface area is 196 Å². The molecule has 2 heterocycles. The van der Waals surface area contributed by atoms with Crippen LogP contribution in [0.5, 0.6) is 0 Å². The number of nitrogens with zero attached hydrogens (tertiary/aromatic N) is 4. The van der Waals surface area contributed by atoms with E-state index < -0.39 is 32.0 Å². The van der Waals surface area contributed by atoms with Crippen LogP contribution in [0.25, 0.3) is 0 Å². The van der Waals surface area contributed by atoms with Crippen molar-refractivity contribution in [1.29, 1.82) is 0 Å². The zero-order valence-electron chi connectivity index (χ0n) is 19.2. The molecule has 186 valence electrons. The minimum atomic E-state index is -4.02. The number of anilines is 2. The van der Waals surface area contributed by atoms with E-state index in [0.29, 0.717) is 13.0 Å². The van der Waals surface area contributed by atoms with Crippen LogP contribution in [-0.2, 0) is 21.4 Å². The first-order chi connectivity index (χ1) is 16.1. The number of amides is 1. The number of unbranched alkanes of at least 4 members (excludes halogenated alkanes) is 1. The zero-order valence-corrected chi connectivity index (χ0v) is 20.0. The van der Waals surface area contributed by atoms with Crippen LogP contribution in [0, 0.1) is 5.82 Å². The highest BCUT2D eigenvalue weighted by atomic mass is 32.2. The summed E-state index contributed by atoms with van der Waals surface area (Å²) in [5.74, 6) is -1.18. The van der Waals surface area contributed by atoms with Crippen molar-refractivity contribution in [3.8, 4) is 0 Å². The van der Waals surface area contributed by atoms with E-state index in [4.69, 9.17) is 5.73 Å². The summed E-state index contributed by atoms with van der Waals surface area (Å²) in [7, 11) is -2.50. The molecule has 3 N–H and O–H groups in total. The number of carbonyl (C=O) groups excluding carboxylic acids is 1. The Bertz CT molecular complexity index is 1270. The Hall–Kier alpha value is -3.19. The summed E-state index contributed by atoms with van der Waals surface area (Å²) in [6.45, 7) is 2.35. The number of hydrogen-bond acceptors (Lipinski definition) is 7. The van der Waals surface area contributed by atoms with Crippen LogP contribution in [0.1, 0.15) is 19.8 Å². The fourth-order valence-corrected chi connectivity index (χ4v) is 5.32. The number of rotatable bonds is 8. The minimum Gasteiger partial charge on any atom is -0.383 e. The summed E-state index contributed by atoms with van der Waals surface area (Å²) in [6, 6.07) is 5.15. The van der Waals surface area contributed by atoms with Crippen molar-refractivity contribution in [2.45, 2.75) is 31.2 Å². The van der Waals surface area contributed by atoms with E-state index in [1.165, 1.54) is 39.6 Å². The number of carbonyl (C=O) groups is 1. The quantitative estimate of drug-likeness (QED) is 0.525. The van der Waals surface area contributed by atoms with E-state index in [1.54, 1.807) is 0 Å². The molecule has 13 heteroatoms. The van der Waals surface area contributed by atoms with Gasteiger partial charge in [0.1, 0.15) is 22.2 Å². The maximum atomic E-state index is 14.0. The van der Waals surface area contributed by atoms with E-state index >= 15 is 0 Å². The van der Waals surface area contributed by atoms with E-state index in [0.717, 1.165) is 16.8 Å². The predicted octanol–water partition coefficient (Wildman–Crippen LogP) is 0.0273. The molecule has 3 rings (SSSR count). The van der Waals surface area contributed by atoms with Crippen LogP contribution in [0.4, 0.5) is 15.9 Å². The lowest BCUT2D eigenvalue weighted by atomic mass is 10.3. The fourth-order valence-electron chi connectivity index (χ4n) is 3.84. The van der Waals surface area contributed by atoms with Crippen molar-refractivity contribution >= 4 is 27.4 Å². The summed E-state index contributed by atoms with van der Waals surface area (Å²) in [4.78, 5) is 42.0. The molecule has 0 atom stereocenters. The second-order valence-electron chi connectivity index (χ2n) is 8.07. The smallest absolute Gasteiger partial charge is 0.330 e. The van der Waals surface area contributed by atoms with Gasteiger partial charge in [-0.2, -0.15) is 4.31 Å². The predicted molar refractivity (Wildman–Crippen MR) is 126 cm³/mol. The molecule has 0 unspecified atom stereocenters. The fraction of sp³-hybridized carbons (Fsp3) is 0.476. The lowest BCUT2D eigenvalue weighted by Crippen LogP contribution is -2.52. The average molecular weight is 497 g/mol. The average Bonchev–Trinajstić information content (AvgIpc) is 2.79. The number of nitrogens with two attached hydrogens (primary N) is 1. The Kier molecular flexibility index (Phi) is 7.77. The van der Waals surface area contributed by atoms with Gasteiger partial charge >= 0.3 is 5.69 Å². The molecule has 0 bridgehead atoms. The molecule has 1 aliphatic heterocycles. The highest BCUT2D eigenvalue weighted by molar-refractivity contribution is 7.89. The van der Waals surface area contributed by atoms with Gasteiger partial charge in [-0.3, -0.25) is 19.1 Å². The number of H-pyrrole nitrogens is 1. The van der Waals surface area contributed by atoms with Crippen LogP contribution < -0.4 is 21.9 Å². The minimum absolute atomic E-state index is 0.0107. The molecular weight excluding hydrogens is 467 g/mol. The third-order valence-corrected chi connectivity index (χ3v) is 7.68. The molecule has 1 aromatic heterocycles. The van der Waals surface area contributed by atoms with Gasteiger partial charge in [-0.15, -0.1) is 0 Å². The van der Waals surface area contributed by atoms with E-state index in [1.807, 2.05) is 6.92 Å². The molecule has 0 spiro atoms. The molecule has 34 heavy (non-hydrogen) atoms. The molecule has 0 saturated carbocycles. The van der Waals surface area contributed by atoms with Crippen LogP contribution in [0.2, 0.25) is 0 Å². The topological polar surface area (TPSA) is 142 Å². The van der Waals surface area contributed by atoms with Crippen LogP contribution in [0.15, 0.2) is 38.8 Å². The highest BCUT2D eigenvalue weighted by Gasteiger charge is 2.32. The number of likely N-dealkylation sites (N-methyl/N-ethyl adjacent to an activating group) is 1. The molecule has 1 aliphatic rings. The number of sulfonamides is 1. The van der Waals surface area contributed by atoms with Crippen molar-refractivity contribution in [2.24, 2.45) is 0 Å². The number of nitrogen functional groups attached to an aromatic ring is 1. The van der Waals surface area contributed by atoms with Gasteiger partial charge < -0.3 is 15.5 Å². The number of piperazine rings is 1. The molecule has 0 aliphatic carbocycles. The normalized spacial score (nSPS) is 14.9. The molecule has 1 aromatic carbocycles. The first kappa shape index (κ1) is 25.4. The standard InChI is InChI=1S/C21H29FN6O5S/c1-3-4-9-28-19(23)18(20(30)24-21(28)31)25(2)14-17(29)26-10-12-27(13-11-26)34(32,33)16-8-6-5-7-15(16)22/h5-8H,3-4,9-14,23H2,1-2H3,(H,24,30,31). The summed E-state index contributed by atoms with van der Waals surface area (Å²) in [5.41, 5.74) is 4.81. The first-order valence-electron chi connectivity index (χ1n) is 10.9. The maximum Gasteiger partial charge on any atom is 0.330 e. The summed E-state index contributed by atoms with van der Waals surface area (Å²) in [5, 5.41) is 0. The summed E-state index contributed by atoms with van der Waals surface area (Å²) >= 11 is 0. The van der Waals surface area contributed by atoms with E-state index in [2.05, 4.69) is 4.98 Å². The van der Waals surface area contributed by atoms with Gasteiger partial charge in [0.2, 0.25) is 15.9 Å². The van der Waals surface area contributed by atoms with Gasteiger partial charge in [0.05, 0.1) is 6.54 Å². The second kappa shape index (κ2) is 10.4. The Morgan fingerprint density at radius 2 is 1.82 bits per heavy atom. The Balaban J connectivity index is 1.68. The van der Waals surface area contributed by atoms with Crippen LogP contribution >= 0.6 is 0 Å². The van der Waals surface area contributed by atoms with Gasteiger partial charge in [0.15, 0.2) is 0 Å².